The van der Waals surface area contributed by atoms with Gasteiger partial charge in [0.15, 0.2) is 0 Å². The summed E-state index contributed by atoms with van der Waals surface area (Å²) in [5.74, 6) is 1.50. The van der Waals surface area contributed by atoms with E-state index in [1.165, 1.54) is 39.0 Å². The van der Waals surface area contributed by atoms with Gasteiger partial charge in [-0.15, -0.1) is 0 Å². The molecule has 0 aromatic rings. The van der Waals surface area contributed by atoms with Gasteiger partial charge in [-0.3, -0.25) is 0 Å². The van der Waals surface area contributed by atoms with Gasteiger partial charge in [0.25, 0.3) is 0 Å². The molecule has 0 radical (unpaired) electrons. The van der Waals surface area contributed by atoms with Crippen LogP contribution in [0.1, 0.15) is 65.7 Å². The predicted octanol–water partition coefficient (Wildman–Crippen LogP) is 3.34. The second kappa shape index (κ2) is 6.02. The zero-order valence-electron chi connectivity index (χ0n) is 14.8. The van der Waals surface area contributed by atoms with E-state index >= 15 is 0 Å². The molecule has 3 fully saturated rings. The molecule has 130 valence electrons. The van der Waals surface area contributed by atoms with Gasteiger partial charge in [-0.1, -0.05) is 37.1 Å². The molecule has 3 aliphatic rings. The van der Waals surface area contributed by atoms with E-state index in [-0.39, 0.29) is 0 Å². The normalized spacial score (nSPS) is 49.3. The van der Waals surface area contributed by atoms with Crippen molar-refractivity contribution in [3.8, 4) is 0 Å². The Kier molecular flexibility index (Phi) is 4.50. The van der Waals surface area contributed by atoms with E-state index in [2.05, 4.69) is 26.0 Å². The molecule has 0 amide bonds. The van der Waals surface area contributed by atoms with Gasteiger partial charge >= 0.3 is 0 Å². The lowest BCUT2D eigenvalue weighted by Gasteiger charge is -2.41. The van der Waals surface area contributed by atoms with Gasteiger partial charge in [0, 0.05) is 0 Å². The van der Waals surface area contributed by atoms with E-state index in [0.29, 0.717) is 24.2 Å². The molecule has 5 atom stereocenters. The number of aliphatic hydroxyl groups is 3. The molecule has 3 unspecified atom stereocenters. The number of rotatable bonds is 1. The molecule has 0 bridgehead atoms. The van der Waals surface area contributed by atoms with Crippen molar-refractivity contribution in [3.05, 3.63) is 23.3 Å². The number of hydrogen-bond acceptors (Lipinski definition) is 3. The number of hydrogen-bond donors (Lipinski definition) is 3. The Labute approximate surface area is 140 Å². The van der Waals surface area contributed by atoms with Crippen LogP contribution in [0.2, 0.25) is 0 Å². The maximum absolute atomic E-state index is 10.1. The molecule has 3 rings (SSSR count). The molecule has 0 spiro atoms. The molecule has 3 saturated carbocycles. The standard InChI is InChI=1S/C20H32O3/c1-13-6-9-16-15(5-4-10-19(13,16)2)8-7-14-11-17(21)20(3,23)18(22)12-14/h7-8,13,16-18,21-23H,4-6,9-12H2,1-3H3/b14-7?,15-8+/t13?,16?,17-,18-,19?,20?/m1/s1. The topological polar surface area (TPSA) is 60.7 Å². The van der Waals surface area contributed by atoms with Gasteiger partial charge in [-0.25, -0.2) is 0 Å². The van der Waals surface area contributed by atoms with Gasteiger partial charge in [0.2, 0.25) is 0 Å². The van der Waals surface area contributed by atoms with Crippen molar-refractivity contribution in [2.24, 2.45) is 17.3 Å². The first kappa shape index (κ1) is 17.2. The molecular formula is C20H32O3. The third-order valence-electron chi connectivity index (χ3n) is 7.23. The summed E-state index contributed by atoms with van der Waals surface area (Å²) >= 11 is 0. The fourth-order valence-corrected chi connectivity index (χ4v) is 5.07. The van der Waals surface area contributed by atoms with Crippen molar-refractivity contribution in [2.45, 2.75) is 83.5 Å². The average Bonchev–Trinajstić information content (AvgIpc) is 2.79. The number of allylic oxidation sites excluding steroid dienone is 3. The van der Waals surface area contributed by atoms with Gasteiger partial charge in [0.05, 0.1) is 12.2 Å². The maximum atomic E-state index is 10.1. The van der Waals surface area contributed by atoms with Crippen LogP contribution >= 0.6 is 0 Å². The number of aliphatic hydroxyl groups excluding tert-OH is 2. The Morgan fingerprint density at radius 3 is 2.35 bits per heavy atom. The van der Waals surface area contributed by atoms with E-state index in [4.69, 9.17) is 0 Å². The van der Waals surface area contributed by atoms with E-state index in [1.54, 1.807) is 5.57 Å². The summed E-state index contributed by atoms with van der Waals surface area (Å²) in [6.45, 7) is 6.38. The Morgan fingerprint density at radius 2 is 1.70 bits per heavy atom. The molecular weight excluding hydrogens is 288 g/mol. The second-order valence-electron chi connectivity index (χ2n) is 8.62. The van der Waals surface area contributed by atoms with Crippen LogP contribution in [0.4, 0.5) is 0 Å². The summed E-state index contributed by atoms with van der Waals surface area (Å²) in [6, 6.07) is 0. The lowest BCUT2D eigenvalue weighted by Crippen LogP contribution is -2.52. The summed E-state index contributed by atoms with van der Waals surface area (Å²) in [6.07, 6.45) is 9.90. The van der Waals surface area contributed by atoms with Gasteiger partial charge < -0.3 is 15.3 Å². The van der Waals surface area contributed by atoms with Crippen LogP contribution in [0, 0.1) is 17.3 Å². The largest absolute Gasteiger partial charge is 0.390 e. The maximum Gasteiger partial charge on any atom is 0.114 e. The van der Waals surface area contributed by atoms with Gasteiger partial charge in [0.1, 0.15) is 5.60 Å². The first-order valence-corrected chi connectivity index (χ1v) is 9.22. The molecule has 0 aliphatic heterocycles. The summed E-state index contributed by atoms with van der Waals surface area (Å²) in [5.41, 5.74) is 1.66. The zero-order valence-corrected chi connectivity index (χ0v) is 14.8. The SMILES string of the molecule is CC1CCC2/C(=C/C=C3C[C@@H](O)C(C)(O)[C@H](O)C3)CCCC12C. The molecule has 3 nitrogen and oxygen atoms in total. The van der Waals surface area contributed by atoms with Crippen molar-refractivity contribution in [2.75, 3.05) is 0 Å². The Balaban J connectivity index is 1.77. The van der Waals surface area contributed by atoms with E-state index < -0.39 is 17.8 Å². The second-order valence-corrected chi connectivity index (χ2v) is 8.62. The highest BCUT2D eigenvalue weighted by atomic mass is 16.4. The van der Waals surface area contributed by atoms with Crippen molar-refractivity contribution in [3.63, 3.8) is 0 Å². The van der Waals surface area contributed by atoms with Gasteiger partial charge in [-0.2, -0.15) is 0 Å². The first-order chi connectivity index (χ1) is 10.7. The molecule has 23 heavy (non-hydrogen) atoms. The summed E-state index contributed by atoms with van der Waals surface area (Å²) < 4.78 is 0. The lowest BCUT2D eigenvalue weighted by molar-refractivity contribution is -0.144. The van der Waals surface area contributed by atoms with Crippen molar-refractivity contribution < 1.29 is 15.3 Å². The quantitative estimate of drug-likeness (QED) is 0.694. The minimum atomic E-state index is -1.39. The summed E-state index contributed by atoms with van der Waals surface area (Å²) in [4.78, 5) is 0. The minimum absolute atomic E-state index is 0.451. The average molecular weight is 320 g/mol. The van der Waals surface area contributed by atoms with Gasteiger partial charge in [-0.05, 0) is 69.1 Å². The van der Waals surface area contributed by atoms with Crippen molar-refractivity contribution in [1.82, 2.24) is 0 Å². The molecule has 3 heteroatoms. The predicted molar refractivity (Wildman–Crippen MR) is 91.9 cm³/mol. The lowest BCUT2D eigenvalue weighted by atomic mass is 9.64. The highest BCUT2D eigenvalue weighted by molar-refractivity contribution is 5.27. The molecule has 0 aromatic carbocycles. The summed E-state index contributed by atoms with van der Waals surface area (Å²) in [5, 5.41) is 30.2. The van der Waals surface area contributed by atoms with E-state index in [9.17, 15) is 15.3 Å². The molecule has 3 aliphatic carbocycles. The first-order valence-electron chi connectivity index (χ1n) is 9.22. The van der Waals surface area contributed by atoms with Crippen LogP contribution in [0.5, 0.6) is 0 Å². The highest BCUT2D eigenvalue weighted by Crippen LogP contribution is 2.57. The van der Waals surface area contributed by atoms with Crippen molar-refractivity contribution >= 4 is 0 Å². The van der Waals surface area contributed by atoms with Crippen LogP contribution < -0.4 is 0 Å². The Hall–Kier alpha value is -0.640. The van der Waals surface area contributed by atoms with E-state index in [0.717, 1.165) is 11.5 Å². The summed E-state index contributed by atoms with van der Waals surface area (Å²) in [7, 11) is 0. The third-order valence-corrected chi connectivity index (χ3v) is 7.23. The third kappa shape index (κ3) is 2.92. The fraction of sp³-hybridized carbons (Fsp3) is 0.800. The Bertz CT molecular complexity index is 503. The minimum Gasteiger partial charge on any atom is -0.390 e. The Morgan fingerprint density at radius 1 is 1.04 bits per heavy atom. The monoisotopic (exact) mass is 320 g/mol. The van der Waals surface area contributed by atoms with Crippen LogP contribution in [-0.4, -0.2) is 33.1 Å². The van der Waals surface area contributed by atoms with Crippen LogP contribution in [0.25, 0.3) is 0 Å². The highest BCUT2D eigenvalue weighted by Gasteiger charge is 2.47. The zero-order chi connectivity index (χ0) is 16.8. The molecule has 3 N–H and O–H groups in total. The van der Waals surface area contributed by atoms with Crippen LogP contribution in [0.3, 0.4) is 0 Å². The number of fused-ring (bicyclic) bond motifs is 1. The van der Waals surface area contributed by atoms with E-state index in [1.807, 2.05) is 0 Å². The molecule has 0 aromatic heterocycles. The smallest absolute Gasteiger partial charge is 0.114 e. The van der Waals surface area contributed by atoms with Crippen LogP contribution in [-0.2, 0) is 0 Å². The molecule has 0 heterocycles. The van der Waals surface area contributed by atoms with Crippen LogP contribution in [0.15, 0.2) is 23.3 Å². The fourth-order valence-electron chi connectivity index (χ4n) is 5.07. The molecule has 0 saturated heterocycles. The van der Waals surface area contributed by atoms with Crippen molar-refractivity contribution in [1.29, 1.82) is 0 Å².